The molecular weight excluding hydrogens is 311 g/mol. The van der Waals surface area contributed by atoms with Gasteiger partial charge in [-0.3, -0.25) is 0 Å². The molecule has 1 aromatic carbocycles. The van der Waals surface area contributed by atoms with Gasteiger partial charge in [0.05, 0.1) is 11.6 Å². The van der Waals surface area contributed by atoms with Gasteiger partial charge in [0, 0.05) is 17.8 Å². The zero-order valence-corrected chi connectivity index (χ0v) is 12.0. The molecule has 1 atom stereocenters. The Morgan fingerprint density at radius 1 is 1.42 bits per heavy atom. The first-order chi connectivity index (χ1) is 9.11. The Morgan fingerprint density at radius 2 is 2.21 bits per heavy atom. The van der Waals surface area contributed by atoms with Gasteiger partial charge in [-0.1, -0.05) is 12.1 Å². The Labute approximate surface area is 119 Å². The largest absolute Gasteiger partial charge is 0.481 e. The standard InChI is InChI=1S/C14H14BrFN2O/c1-19-14-10(3-2-6-18-14)13(17)8-9-4-5-12(16)11(15)7-9/h2-7,13H,8,17H2,1H3. The summed E-state index contributed by atoms with van der Waals surface area (Å²) in [4.78, 5) is 4.12. The van der Waals surface area contributed by atoms with Crippen LogP contribution in [-0.2, 0) is 6.42 Å². The summed E-state index contributed by atoms with van der Waals surface area (Å²) < 4.78 is 18.8. The van der Waals surface area contributed by atoms with E-state index in [4.69, 9.17) is 10.5 Å². The molecule has 0 radical (unpaired) electrons. The first-order valence-corrected chi connectivity index (χ1v) is 6.59. The molecule has 1 aromatic heterocycles. The number of pyridine rings is 1. The van der Waals surface area contributed by atoms with Crippen molar-refractivity contribution in [2.45, 2.75) is 12.5 Å². The number of aromatic nitrogens is 1. The molecule has 2 N–H and O–H groups in total. The van der Waals surface area contributed by atoms with Gasteiger partial charge in [0.25, 0.3) is 0 Å². The van der Waals surface area contributed by atoms with Crippen LogP contribution in [0.2, 0.25) is 0 Å². The van der Waals surface area contributed by atoms with Crippen LogP contribution in [0.15, 0.2) is 41.0 Å². The molecule has 0 saturated carbocycles. The predicted molar refractivity (Wildman–Crippen MR) is 75.5 cm³/mol. The maximum Gasteiger partial charge on any atom is 0.217 e. The van der Waals surface area contributed by atoms with Crippen LogP contribution in [0.3, 0.4) is 0 Å². The van der Waals surface area contributed by atoms with Crippen LogP contribution in [0.4, 0.5) is 4.39 Å². The Balaban J connectivity index is 2.20. The quantitative estimate of drug-likeness (QED) is 0.939. The number of benzene rings is 1. The Kier molecular flexibility index (Phi) is 4.50. The summed E-state index contributed by atoms with van der Waals surface area (Å²) in [5, 5.41) is 0. The Hall–Kier alpha value is -1.46. The van der Waals surface area contributed by atoms with E-state index in [0.29, 0.717) is 16.8 Å². The summed E-state index contributed by atoms with van der Waals surface area (Å²) in [5.74, 6) is 0.243. The molecule has 0 spiro atoms. The Morgan fingerprint density at radius 3 is 2.89 bits per heavy atom. The molecule has 2 aromatic rings. The van der Waals surface area contributed by atoms with Gasteiger partial charge < -0.3 is 10.5 Å². The molecule has 0 aliphatic carbocycles. The molecule has 0 amide bonds. The molecule has 100 valence electrons. The molecule has 0 bridgehead atoms. The second kappa shape index (κ2) is 6.12. The van der Waals surface area contributed by atoms with E-state index in [-0.39, 0.29) is 11.9 Å². The van der Waals surface area contributed by atoms with Crippen LogP contribution in [-0.4, -0.2) is 12.1 Å². The van der Waals surface area contributed by atoms with Crippen molar-refractivity contribution in [2.24, 2.45) is 5.73 Å². The number of hydrogen-bond donors (Lipinski definition) is 1. The number of nitrogens with zero attached hydrogens (tertiary/aromatic N) is 1. The second-order valence-corrected chi connectivity index (χ2v) is 5.02. The highest BCUT2D eigenvalue weighted by Crippen LogP contribution is 2.25. The van der Waals surface area contributed by atoms with Crippen molar-refractivity contribution in [3.05, 3.63) is 57.9 Å². The fourth-order valence-corrected chi connectivity index (χ4v) is 2.31. The van der Waals surface area contributed by atoms with Gasteiger partial charge in [-0.25, -0.2) is 9.37 Å². The minimum absolute atomic E-state index is 0.249. The predicted octanol–water partition coefficient (Wildman–Crippen LogP) is 3.23. The lowest BCUT2D eigenvalue weighted by Gasteiger charge is -2.15. The van der Waals surface area contributed by atoms with Crippen LogP contribution in [0.5, 0.6) is 5.88 Å². The molecule has 0 saturated heterocycles. The molecule has 2 rings (SSSR count). The summed E-state index contributed by atoms with van der Waals surface area (Å²) in [6, 6.07) is 8.34. The SMILES string of the molecule is COc1ncccc1C(N)Cc1ccc(F)c(Br)c1. The molecule has 0 fully saturated rings. The molecule has 3 nitrogen and oxygen atoms in total. The second-order valence-electron chi connectivity index (χ2n) is 4.16. The van der Waals surface area contributed by atoms with E-state index in [1.165, 1.54) is 6.07 Å². The number of halogens is 2. The summed E-state index contributed by atoms with van der Waals surface area (Å²) in [6.07, 6.45) is 2.24. The summed E-state index contributed by atoms with van der Waals surface area (Å²) in [6.45, 7) is 0. The normalized spacial score (nSPS) is 12.2. The number of methoxy groups -OCH3 is 1. The average molecular weight is 325 g/mol. The third-order valence-electron chi connectivity index (χ3n) is 2.83. The van der Waals surface area contributed by atoms with E-state index in [9.17, 15) is 4.39 Å². The monoisotopic (exact) mass is 324 g/mol. The summed E-state index contributed by atoms with van der Waals surface area (Å²) in [7, 11) is 1.56. The van der Waals surface area contributed by atoms with Crippen LogP contribution in [0.1, 0.15) is 17.2 Å². The highest BCUT2D eigenvalue weighted by molar-refractivity contribution is 9.10. The van der Waals surface area contributed by atoms with Gasteiger partial charge in [-0.05, 0) is 46.1 Å². The topological polar surface area (TPSA) is 48.1 Å². The molecule has 19 heavy (non-hydrogen) atoms. The van der Waals surface area contributed by atoms with E-state index in [0.717, 1.165) is 11.1 Å². The molecule has 1 heterocycles. The van der Waals surface area contributed by atoms with Crippen LogP contribution in [0.25, 0.3) is 0 Å². The van der Waals surface area contributed by atoms with Crippen LogP contribution < -0.4 is 10.5 Å². The van der Waals surface area contributed by atoms with E-state index in [1.54, 1.807) is 25.4 Å². The van der Waals surface area contributed by atoms with Crippen molar-refractivity contribution in [2.75, 3.05) is 7.11 Å². The summed E-state index contributed by atoms with van der Waals surface area (Å²) in [5.41, 5.74) is 7.95. The number of ether oxygens (including phenoxy) is 1. The van der Waals surface area contributed by atoms with Gasteiger partial charge in [0.2, 0.25) is 5.88 Å². The van der Waals surface area contributed by atoms with Crippen molar-refractivity contribution in [1.29, 1.82) is 0 Å². The highest BCUT2D eigenvalue weighted by Gasteiger charge is 2.13. The lowest BCUT2D eigenvalue weighted by Crippen LogP contribution is -2.15. The van der Waals surface area contributed by atoms with Crippen molar-refractivity contribution < 1.29 is 9.13 Å². The van der Waals surface area contributed by atoms with E-state index >= 15 is 0 Å². The number of nitrogens with two attached hydrogens (primary N) is 1. The zero-order chi connectivity index (χ0) is 13.8. The maximum atomic E-state index is 13.2. The van der Waals surface area contributed by atoms with Crippen LogP contribution in [0, 0.1) is 5.82 Å². The van der Waals surface area contributed by atoms with Crippen molar-refractivity contribution in [1.82, 2.24) is 4.98 Å². The van der Waals surface area contributed by atoms with Crippen molar-refractivity contribution in [3.8, 4) is 5.88 Å². The molecule has 1 unspecified atom stereocenters. The molecule has 0 aliphatic rings. The van der Waals surface area contributed by atoms with Gasteiger partial charge in [0.1, 0.15) is 5.82 Å². The average Bonchev–Trinajstić information content (AvgIpc) is 2.43. The number of hydrogen-bond acceptors (Lipinski definition) is 3. The lowest BCUT2D eigenvalue weighted by atomic mass is 10.0. The van der Waals surface area contributed by atoms with Gasteiger partial charge in [0.15, 0.2) is 0 Å². The van der Waals surface area contributed by atoms with Gasteiger partial charge in [-0.15, -0.1) is 0 Å². The fourth-order valence-electron chi connectivity index (χ4n) is 1.89. The number of rotatable bonds is 4. The molecule has 5 heteroatoms. The smallest absolute Gasteiger partial charge is 0.217 e. The Bertz CT molecular complexity index is 577. The van der Waals surface area contributed by atoms with Crippen LogP contribution >= 0.6 is 15.9 Å². The maximum absolute atomic E-state index is 13.2. The minimum Gasteiger partial charge on any atom is -0.481 e. The lowest BCUT2D eigenvalue weighted by molar-refractivity contribution is 0.388. The molecular formula is C14H14BrFN2O. The van der Waals surface area contributed by atoms with E-state index in [2.05, 4.69) is 20.9 Å². The highest BCUT2D eigenvalue weighted by atomic mass is 79.9. The van der Waals surface area contributed by atoms with Crippen molar-refractivity contribution in [3.63, 3.8) is 0 Å². The van der Waals surface area contributed by atoms with E-state index in [1.807, 2.05) is 12.1 Å². The third-order valence-corrected chi connectivity index (χ3v) is 3.44. The minimum atomic E-state index is -0.281. The molecule has 0 aliphatic heterocycles. The fraction of sp³-hybridized carbons (Fsp3) is 0.214. The summed E-state index contributed by atoms with van der Waals surface area (Å²) >= 11 is 3.17. The first-order valence-electron chi connectivity index (χ1n) is 5.80. The van der Waals surface area contributed by atoms with E-state index < -0.39 is 0 Å². The first kappa shape index (κ1) is 14.0. The third kappa shape index (κ3) is 3.30. The zero-order valence-electron chi connectivity index (χ0n) is 10.4. The van der Waals surface area contributed by atoms with Gasteiger partial charge in [-0.2, -0.15) is 0 Å². The van der Waals surface area contributed by atoms with Crippen molar-refractivity contribution >= 4 is 15.9 Å². The van der Waals surface area contributed by atoms with Gasteiger partial charge >= 0.3 is 0 Å².